The Labute approximate surface area is 168 Å². The number of benzene rings is 2. The summed E-state index contributed by atoms with van der Waals surface area (Å²) in [6, 6.07) is 14.0. The summed E-state index contributed by atoms with van der Waals surface area (Å²) in [5.74, 6) is 0.700. The molecular formula is C25H30O3. The molecule has 0 saturated carbocycles. The normalized spacial score (nSPS) is 17.4. The summed E-state index contributed by atoms with van der Waals surface area (Å²) < 4.78 is 11.2. The van der Waals surface area contributed by atoms with Gasteiger partial charge in [0.2, 0.25) is 0 Å². The summed E-state index contributed by atoms with van der Waals surface area (Å²) in [7, 11) is 0. The van der Waals surface area contributed by atoms with Gasteiger partial charge in [0.25, 0.3) is 0 Å². The first-order chi connectivity index (χ1) is 13.1. The minimum Gasteiger partial charge on any atom is -0.488 e. The molecule has 1 aliphatic rings. The summed E-state index contributed by atoms with van der Waals surface area (Å²) >= 11 is 0. The predicted molar refractivity (Wildman–Crippen MR) is 115 cm³/mol. The van der Waals surface area contributed by atoms with Crippen LogP contribution < -0.4 is 4.74 Å². The summed E-state index contributed by atoms with van der Waals surface area (Å²) in [5.41, 5.74) is 5.16. The van der Waals surface area contributed by atoms with Gasteiger partial charge in [-0.3, -0.25) is 0 Å². The van der Waals surface area contributed by atoms with E-state index in [0.717, 1.165) is 17.7 Å². The van der Waals surface area contributed by atoms with Gasteiger partial charge in [0.15, 0.2) is 0 Å². The number of hydrogen-bond acceptors (Lipinski definition) is 3. The minimum absolute atomic E-state index is 0.0641. The van der Waals surface area contributed by atoms with Crippen LogP contribution in [0.2, 0.25) is 0 Å². The van der Waals surface area contributed by atoms with Crippen molar-refractivity contribution in [1.82, 2.24) is 0 Å². The van der Waals surface area contributed by atoms with E-state index in [2.05, 4.69) is 58.9 Å². The Morgan fingerprint density at radius 3 is 2.36 bits per heavy atom. The number of carbonyl (C=O) groups is 1. The number of rotatable bonds is 4. The van der Waals surface area contributed by atoms with Crippen LogP contribution in [-0.2, 0) is 10.2 Å². The van der Waals surface area contributed by atoms with Crippen molar-refractivity contribution >= 4 is 17.6 Å². The first kappa shape index (κ1) is 20.2. The molecule has 0 amide bonds. The molecule has 2 aromatic rings. The Morgan fingerprint density at radius 2 is 1.71 bits per heavy atom. The Balaban J connectivity index is 1.87. The highest BCUT2D eigenvalue weighted by Gasteiger charge is 2.38. The van der Waals surface area contributed by atoms with Gasteiger partial charge in [-0.05, 0) is 80.5 Å². The summed E-state index contributed by atoms with van der Waals surface area (Å²) in [6.45, 7) is 13.2. The second kappa shape index (κ2) is 7.46. The van der Waals surface area contributed by atoms with Crippen LogP contribution in [0.5, 0.6) is 5.75 Å². The Hall–Kier alpha value is -2.55. The fourth-order valence-electron chi connectivity index (χ4n) is 4.15. The van der Waals surface area contributed by atoms with Crippen LogP contribution in [0.4, 0.5) is 0 Å². The number of allylic oxidation sites excluding steroid dienone is 1. The molecule has 28 heavy (non-hydrogen) atoms. The van der Waals surface area contributed by atoms with E-state index in [1.54, 1.807) is 0 Å². The number of esters is 1. The van der Waals surface area contributed by atoms with Gasteiger partial charge in [0.05, 0.1) is 12.2 Å². The van der Waals surface area contributed by atoms with E-state index in [9.17, 15) is 4.79 Å². The number of ether oxygens (including phenoxy) is 2. The smallest absolute Gasteiger partial charge is 0.338 e. The van der Waals surface area contributed by atoms with Crippen molar-refractivity contribution in [3.8, 4) is 5.75 Å². The lowest BCUT2D eigenvalue weighted by Gasteiger charge is -2.42. The first-order valence-corrected chi connectivity index (χ1v) is 9.91. The van der Waals surface area contributed by atoms with Crippen molar-refractivity contribution in [2.24, 2.45) is 0 Å². The van der Waals surface area contributed by atoms with Crippen LogP contribution >= 0.6 is 0 Å². The minimum atomic E-state index is -0.283. The van der Waals surface area contributed by atoms with Crippen LogP contribution in [0.3, 0.4) is 0 Å². The third kappa shape index (κ3) is 4.30. The highest BCUT2D eigenvalue weighted by Crippen LogP contribution is 2.45. The molecule has 0 N–H and O–H groups in total. The maximum atomic E-state index is 11.8. The zero-order valence-corrected chi connectivity index (χ0v) is 17.8. The molecule has 0 radical (unpaired) electrons. The fourth-order valence-corrected chi connectivity index (χ4v) is 4.15. The summed E-state index contributed by atoms with van der Waals surface area (Å²) in [5, 5.41) is 0. The highest BCUT2D eigenvalue weighted by atomic mass is 16.5. The Kier molecular flexibility index (Phi) is 5.38. The van der Waals surface area contributed by atoms with Gasteiger partial charge in [0, 0.05) is 5.56 Å². The second-order valence-electron chi connectivity index (χ2n) is 8.80. The summed E-state index contributed by atoms with van der Waals surface area (Å²) in [4.78, 5) is 11.8. The molecule has 0 unspecified atom stereocenters. The molecule has 148 valence electrons. The van der Waals surface area contributed by atoms with Crippen molar-refractivity contribution in [1.29, 1.82) is 0 Å². The SMILES string of the molecule is CCOC(=O)c1ccc(/C=C(\C)c2ccc3c(c2)C(C)(C)CC(C)(C)O3)cc1. The molecule has 1 heterocycles. The van der Waals surface area contributed by atoms with Crippen LogP contribution in [-0.4, -0.2) is 18.2 Å². The second-order valence-corrected chi connectivity index (χ2v) is 8.80. The summed E-state index contributed by atoms with van der Waals surface area (Å²) in [6.07, 6.45) is 3.12. The molecule has 3 heteroatoms. The zero-order chi connectivity index (χ0) is 20.5. The molecule has 3 rings (SSSR count). The molecule has 0 bridgehead atoms. The van der Waals surface area contributed by atoms with Gasteiger partial charge in [0.1, 0.15) is 11.4 Å². The lowest BCUT2D eigenvalue weighted by atomic mass is 9.73. The van der Waals surface area contributed by atoms with Crippen molar-refractivity contribution in [2.75, 3.05) is 6.61 Å². The monoisotopic (exact) mass is 378 g/mol. The van der Waals surface area contributed by atoms with Gasteiger partial charge in [-0.15, -0.1) is 0 Å². The first-order valence-electron chi connectivity index (χ1n) is 9.91. The number of fused-ring (bicyclic) bond motifs is 1. The lowest BCUT2D eigenvalue weighted by molar-refractivity contribution is 0.0522. The largest absolute Gasteiger partial charge is 0.488 e. The topological polar surface area (TPSA) is 35.5 Å². The van der Waals surface area contributed by atoms with E-state index in [4.69, 9.17) is 9.47 Å². The van der Waals surface area contributed by atoms with E-state index in [1.165, 1.54) is 16.7 Å². The van der Waals surface area contributed by atoms with E-state index >= 15 is 0 Å². The molecule has 1 aliphatic heterocycles. The van der Waals surface area contributed by atoms with Gasteiger partial charge < -0.3 is 9.47 Å². The molecule has 2 aromatic carbocycles. The van der Waals surface area contributed by atoms with Crippen molar-refractivity contribution in [3.63, 3.8) is 0 Å². The van der Waals surface area contributed by atoms with E-state index in [0.29, 0.717) is 12.2 Å². The van der Waals surface area contributed by atoms with Crippen molar-refractivity contribution < 1.29 is 14.3 Å². The molecule has 0 aromatic heterocycles. The van der Waals surface area contributed by atoms with Gasteiger partial charge in [-0.25, -0.2) is 4.79 Å². The fraction of sp³-hybridized carbons (Fsp3) is 0.400. The molecule has 0 saturated heterocycles. The maximum absolute atomic E-state index is 11.8. The van der Waals surface area contributed by atoms with Crippen LogP contribution in [0.1, 0.15) is 75.0 Å². The van der Waals surface area contributed by atoms with Crippen molar-refractivity contribution in [3.05, 3.63) is 64.7 Å². The number of carbonyl (C=O) groups excluding carboxylic acids is 1. The Bertz CT molecular complexity index is 902. The highest BCUT2D eigenvalue weighted by molar-refractivity contribution is 5.90. The predicted octanol–water partition coefficient (Wildman–Crippen LogP) is 6.26. The molecule has 3 nitrogen and oxygen atoms in total. The van der Waals surface area contributed by atoms with Gasteiger partial charge >= 0.3 is 5.97 Å². The molecule has 0 spiro atoms. The third-order valence-corrected chi connectivity index (χ3v) is 5.22. The van der Waals surface area contributed by atoms with E-state index < -0.39 is 0 Å². The Morgan fingerprint density at radius 1 is 1.07 bits per heavy atom. The average Bonchev–Trinajstić information content (AvgIpc) is 2.60. The van der Waals surface area contributed by atoms with Crippen LogP contribution in [0.15, 0.2) is 42.5 Å². The zero-order valence-electron chi connectivity index (χ0n) is 17.8. The lowest BCUT2D eigenvalue weighted by Crippen LogP contribution is -2.41. The quantitative estimate of drug-likeness (QED) is 0.465. The molecule has 0 atom stereocenters. The van der Waals surface area contributed by atoms with E-state index in [-0.39, 0.29) is 17.0 Å². The average molecular weight is 379 g/mol. The van der Waals surface area contributed by atoms with Gasteiger partial charge in [-0.1, -0.05) is 38.1 Å². The number of hydrogen-bond donors (Lipinski definition) is 0. The molecule has 0 fully saturated rings. The van der Waals surface area contributed by atoms with Crippen molar-refractivity contribution in [2.45, 2.75) is 59.0 Å². The standard InChI is InChI=1S/C25H30O3/c1-7-27-23(26)19-10-8-18(9-11-19)14-17(2)20-12-13-22-21(15-20)24(3,4)16-25(5,6)28-22/h8-15H,7,16H2,1-6H3/b17-14+. The third-order valence-electron chi connectivity index (χ3n) is 5.22. The van der Waals surface area contributed by atoms with Gasteiger partial charge in [-0.2, -0.15) is 0 Å². The van der Waals surface area contributed by atoms with E-state index in [1.807, 2.05) is 31.2 Å². The van der Waals surface area contributed by atoms with Crippen LogP contribution in [0, 0.1) is 0 Å². The maximum Gasteiger partial charge on any atom is 0.338 e. The van der Waals surface area contributed by atoms with Crippen LogP contribution in [0.25, 0.3) is 11.6 Å². The molecule has 0 aliphatic carbocycles. The molecular weight excluding hydrogens is 348 g/mol.